The quantitative estimate of drug-likeness (QED) is 0.888. The van der Waals surface area contributed by atoms with Gasteiger partial charge in [0.15, 0.2) is 0 Å². The van der Waals surface area contributed by atoms with Crippen molar-refractivity contribution >= 4 is 17.6 Å². The summed E-state index contributed by atoms with van der Waals surface area (Å²) in [6.07, 6.45) is 4.58. The van der Waals surface area contributed by atoms with Crippen molar-refractivity contribution in [1.82, 2.24) is 10.2 Å². The number of fused-ring (bicyclic) bond motifs is 1. The molecule has 1 aromatic rings. The summed E-state index contributed by atoms with van der Waals surface area (Å²) >= 11 is 0. The number of ether oxygens (including phenoxy) is 1. The Morgan fingerprint density at radius 1 is 1.19 bits per heavy atom. The van der Waals surface area contributed by atoms with Gasteiger partial charge in [-0.05, 0) is 56.7 Å². The average Bonchev–Trinajstić information content (AvgIpc) is 3.50. The molecule has 1 atom stereocenters. The Morgan fingerprint density at radius 2 is 1.93 bits per heavy atom. The molecule has 0 bridgehead atoms. The van der Waals surface area contributed by atoms with Crippen LogP contribution in [0.4, 0.5) is 10.5 Å². The molecular formula is C21H29N3O3. The summed E-state index contributed by atoms with van der Waals surface area (Å²) in [6.45, 7) is 5.96. The number of carbonyl (C=O) groups is 2. The van der Waals surface area contributed by atoms with Crippen molar-refractivity contribution in [3.05, 3.63) is 23.8 Å². The first-order chi connectivity index (χ1) is 13.0. The van der Waals surface area contributed by atoms with Crippen LogP contribution >= 0.6 is 0 Å². The van der Waals surface area contributed by atoms with Crippen molar-refractivity contribution in [2.75, 3.05) is 24.5 Å². The number of amides is 3. The molecule has 6 heteroatoms. The van der Waals surface area contributed by atoms with E-state index in [9.17, 15) is 9.59 Å². The fourth-order valence-electron chi connectivity index (χ4n) is 3.90. The third kappa shape index (κ3) is 3.89. The number of likely N-dealkylation sites (tertiary alicyclic amines) is 1. The molecule has 0 aromatic heterocycles. The molecule has 1 saturated heterocycles. The van der Waals surface area contributed by atoms with Gasteiger partial charge in [0.2, 0.25) is 5.91 Å². The second-order valence-electron chi connectivity index (χ2n) is 8.06. The first-order valence-electron chi connectivity index (χ1n) is 10.2. The summed E-state index contributed by atoms with van der Waals surface area (Å²) in [4.78, 5) is 29.3. The van der Waals surface area contributed by atoms with Gasteiger partial charge in [-0.2, -0.15) is 0 Å². The van der Waals surface area contributed by atoms with Gasteiger partial charge in [-0.15, -0.1) is 0 Å². The molecule has 1 N–H and O–H groups in total. The number of hydrogen-bond acceptors (Lipinski definition) is 3. The van der Waals surface area contributed by atoms with Crippen LogP contribution in [-0.2, 0) is 4.79 Å². The zero-order valence-electron chi connectivity index (χ0n) is 16.2. The molecule has 6 nitrogen and oxygen atoms in total. The minimum absolute atomic E-state index is 0.0195. The number of urea groups is 1. The molecule has 27 heavy (non-hydrogen) atoms. The van der Waals surface area contributed by atoms with E-state index in [0.29, 0.717) is 25.7 Å². The van der Waals surface area contributed by atoms with E-state index in [1.54, 1.807) is 0 Å². The van der Waals surface area contributed by atoms with E-state index in [0.717, 1.165) is 49.1 Å². The highest BCUT2D eigenvalue weighted by Crippen LogP contribution is 2.36. The minimum Gasteiger partial charge on any atom is -0.486 e. The lowest BCUT2D eigenvalue weighted by Gasteiger charge is -2.39. The number of hydrogen-bond donors (Lipinski definition) is 1. The molecule has 1 aliphatic carbocycles. The van der Waals surface area contributed by atoms with E-state index >= 15 is 0 Å². The normalized spacial score (nSPS) is 22.8. The Balaban J connectivity index is 1.43. The zero-order chi connectivity index (χ0) is 19.0. The highest BCUT2D eigenvalue weighted by molar-refractivity contribution is 5.94. The van der Waals surface area contributed by atoms with Crippen LogP contribution in [0.25, 0.3) is 0 Å². The number of carbonyl (C=O) groups excluding carboxylic acids is 2. The van der Waals surface area contributed by atoms with E-state index in [1.807, 2.05) is 34.9 Å². The van der Waals surface area contributed by atoms with Crippen LogP contribution in [0.15, 0.2) is 18.2 Å². The standard InChI is InChI=1S/C21H29N3O3/c1-3-17-13-24(18-12-14(2)4-7-19(18)27-17)21(26)23-10-8-15(9-11-23)20(25)22-16-5-6-16/h4,7,12,15-17H,3,5-6,8-11,13H2,1-2H3,(H,22,25). The smallest absolute Gasteiger partial charge is 0.324 e. The summed E-state index contributed by atoms with van der Waals surface area (Å²) in [5, 5.41) is 3.09. The first-order valence-corrected chi connectivity index (χ1v) is 10.2. The highest BCUT2D eigenvalue weighted by Gasteiger charge is 2.35. The number of benzene rings is 1. The number of nitrogens with one attached hydrogen (secondary N) is 1. The van der Waals surface area contributed by atoms with Crippen LogP contribution in [0, 0.1) is 12.8 Å². The van der Waals surface area contributed by atoms with Gasteiger partial charge in [-0.1, -0.05) is 13.0 Å². The summed E-state index contributed by atoms with van der Waals surface area (Å²) in [6, 6.07) is 6.43. The van der Waals surface area contributed by atoms with Crippen LogP contribution in [0.5, 0.6) is 5.75 Å². The number of rotatable bonds is 3. The van der Waals surface area contributed by atoms with Crippen molar-refractivity contribution in [1.29, 1.82) is 0 Å². The van der Waals surface area contributed by atoms with Crippen molar-refractivity contribution in [2.45, 2.75) is 58.1 Å². The molecule has 3 aliphatic rings. The molecule has 2 fully saturated rings. The maximum atomic E-state index is 13.2. The molecule has 2 aliphatic heterocycles. The zero-order valence-corrected chi connectivity index (χ0v) is 16.2. The molecule has 0 spiro atoms. The summed E-state index contributed by atoms with van der Waals surface area (Å²) in [5.41, 5.74) is 1.97. The molecule has 3 amide bonds. The highest BCUT2D eigenvalue weighted by atomic mass is 16.5. The Hall–Kier alpha value is -2.24. The SMILES string of the molecule is CCC1CN(C(=O)N2CCC(C(=O)NC3CC3)CC2)c2cc(C)ccc2O1. The minimum atomic E-state index is 0.0195. The third-order valence-electron chi connectivity index (χ3n) is 5.83. The monoisotopic (exact) mass is 371 g/mol. The van der Waals surface area contributed by atoms with Gasteiger partial charge >= 0.3 is 6.03 Å². The molecule has 1 aromatic carbocycles. The van der Waals surface area contributed by atoms with Crippen LogP contribution in [0.2, 0.25) is 0 Å². The van der Waals surface area contributed by atoms with Gasteiger partial charge in [-0.3, -0.25) is 9.69 Å². The van der Waals surface area contributed by atoms with E-state index in [4.69, 9.17) is 4.74 Å². The van der Waals surface area contributed by atoms with Gasteiger partial charge in [0.05, 0.1) is 12.2 Å². The lowest BCUT2D eigenvalue weighted by molar-refractivity contribution is -0.126. The molecular weight excluding hydrogens is 342 g/mol. The van der Waals surface area contributed by atoms with Gasteiger partial charge < -0.3 is 15.0 Å². The van der Waals surface area contributed by atoms with Gasteiger partial charge in [0.25, 0.3) is 0 Å². The second kappa shape index (κ2) is 7.41. The molecule has 146 valence electrons. The maximum Gasteiger partial charge on any atom is 0.324 e. The van der Waals surface area contributed by atoms with E-state index in [1.165, 1.54) is 0 Å². The van der Waals surface area contributed by atoms with Crippen molar-refractivity contribution in [2.24, 2.45) is 5.92 Å². The fraction of sp³-hybridized carbons (Fsp3) is 0.619. The van der Waals surface area contributed by atoms with E-state index in [2.05, 4.69) is 12.2 Å². The summed E-state index contributed by atoms with van der Waals surface area (Å²) < 4.78 is 6.03. The average molecular weight is 371 g/mol. The topological polar surface area (TPSA) is 61.9 Å². The second-order valence-corrected chi connectivity index (χ2v) is 8.06. The Labute approximate surface area is 160 Å². The number of nitrogens with zero attached hydrogens (tertiary/aromatic N) is 2. The van der Waals surface area contributed by atoms with Crippen LogP contribution in [-0.4, -0.2) is 48.6 Å². The number of piperidine rings is 1. The molecule has 4 rings (SSSR count). The van der Waals surface area contributed by atoms with Crippen molar-refractivity contribution < 1.29 is 14.3 Å². The molecule has 0 radical (unpaired) electrons. The Kier molecular flexibility index (Phi) is 4.98. The molecule has 2 heterocycles. The van der Waals surface area contributed by atoms with E-state index < -0.39 is 0 Å². The largest absolute Gasteiger partial charge is 0.486 e. The number of anilines is 1. The van der Waals surface area contributed by atoms with Gasteiger partial charge in [0.1, 0.15) is 11.9 Å². The fourth-order valence-corrected chi connectivity index (χ4v) is 3.90. The Morgan fingerprint density at radius 3 is 2.59 bits per heavy atom. The first kappa shape index (κ1) is 18.1. The molecule has 1 unspecified atom stereocenters. The maximum absolute atomic E-state index is 13.2. The van der Waals surface area contributed by atoms with Gasteiger partial charge in [-0.25, -0.2) is 4.79 Å². The number of aryl methyl sites for hydroxylation is 1. The van der Waals surface area contributed by atoms with Crippen LogP contribution < -0.4 is 15.0 Å². The van der Waals surface area contributed by atoms with Crippen molar-refractivity contribution in [3.63, 3.8) is 0 Å². The molecule has 1 saturated carbocycles. The van der Waals surface area contributed by atoms with Crippen LogP contribution in [0.1, 0.15) is 44.6 Å². The lowest BCUT2D eigenvalue weighted by Crippen LogP contribution is -2.52. The third-order valence-corrected chi connectivity index (χ3v) is 5.83. The van der Waals surface area contributed by atoms with Gasteiger partial charge in [0, 0.05) is 25.0 Å². The summed E-state index contributed by atoms with van der Waals surface area (Å²) in [5.74, 6) is 0.992. The predicted octanol–water partition coefficient (Wildman–Crippen LogP) is 3.08. The predicted molar refractivity (Wildman–Crippen MR) is 104 cm³/mol. The lowest BCUT2D eigenvalue weighted by atomic mass is 9.96. The Bertz CT molecular complexity index is 723. The van der Waals surface area contributed by atoms with E-state index in [-0.39, 0.29) is 24.0 Å². The van der Waals surface area contributed by atoms with Crippen LogP contribution in [0.3, 0.4) is 0 Å². The summed E-state index contributed by atoms with van der Waals surface area (Å²) in [7, 11) is 0. The van der Waals surface area contributed by atoms with Crippen molar-refractivity contribution in [3.8, 4) is 5.75 Å².